The Hall–Kier alpha value is -4.55. The first-order valence-electron chi connectivity index (χ1n) is 13.4. The molecule has 0 saturated carbocycles. The number of hydrogen-bond acceptors (Lipinski definition) is 6. The van der Waals surface area contributed by atoms with Crippen molar-refractivity contribution in [1.82, 2.24) is 5.32 Å². The van der Waals surface area contributed by atoms with Crippen LogP contribution in [0.25, 0.3) is 16.5 Å². The van der Waals surface area contributed by atoms with Gasteiger partial charge < -0.3 is 19.5 Å². The smallest absolute Gasteiger partial charge is 0.336 e. The molecule has 0 bridgehead atoms. The highest BCUT2D eigenvalue weighted by molar-refractivity contribution is 6.32. The van der Waals surface area contributed by atoms with Crippen molar-refractivity contribution in [1.29, 1.82) is 0 Å². The van der Waals surface area contributed by atoms with Crippen molar-refractivity contribution in [3.05, 3.63) is 123 Å². The van der Waals surface area contributed by atoms with Gasteiger partial charge in [-0.2, -0.15) is 0 Å². The fourth-order valence-electron chi connectivity index (χ4n) is 5.68. The van der Waals surface area contributed by atoms with Crippen molar-refractivity contribution in [3.8, 4) is 11.5 Å². The number of allylic oxidation sites excluding steroid dienone is 2. The minimum atomic E-state index is -0.718. The van der Waals surface area contributed by atoms with E-state index in [9.17, 15) is 9.59 Å². The van der Waals surface area contributed by atoms with Crippen LogP contribution in [0.3, 0.4) is 0 Å². The minimum absolute atomic E-state index is 0.146. The highest BCUT2D eigenvalue weighted by atomic mass is 35.5. The van der Waals surface area contributed by atoms with E-state index in [4.69, 9.17) is 25.8 Å². The number of ketones is 1. The SMILES string of the molecule is CCOc1cc([C@H]2C(C(=O)OC)=C(C)NC3=C2C(=O)c2ccccc23)cc(Cl)c1OCc1ccc2ccccc2c1. The van der Waals surface area contributed by atoms with Gasteiger partial charge in [0.1, 0.15) is 6.61 Å². The summed E-state index contributed by atoms with van der Waals surface area (Å²) in [6, 6.07) is 25.3. The number of methoxy groups -OCH3 is 1. The van der Waals surface area contributed by atoms with E-state index < -0.39 is 11.9 Å². The van der Waals surface area contributed by atoms with Gasteiger partial charge in [-0.1, -0.05) is 72.3 Å². The number of hydrogen-bond donors (Lipinski definition) is 1. The average molecular weight is 566 g/mol. The van der Waals surface area contributed by atoms with Crippen LogP contribution in [0.2, 0.25) is 5.02 Å². The van der Waals surface area contributed by atoms with Crippen molar-refractivity contribution in [2.24, 2.45) is 0 Å². The van der Waals surface area contributed by atoms with Gasteiger partial charge in [0, 0.05) is 28.3 Å². The molecule has 0 radical (unpaired) electrons. The number of carbonyl (C=O) groups excluding carboxylic acids is 2. The van der Waals surface area contributed by atoms with Crippen molar-refractivity contribution in [2.45, 2.75) is 26.4 Å². The molecule has 0 saturated heterocycles. The number of dihydropyridines is 1. The number of halogens is 1. The number of benzene rings is 4. The molecule has 6 rings (SSSR count). The zero-order valence-corrected chi connectivity index (χ0v) is 23.7. The highest BCUT2D eigenvalue weighted by Gasteiger charge is 2.43. The molecule has 2 aliphatic rings. The zero-order chi connectivity index (χ0) is 28.7. The third-order valence-electron chi connectivity index (χ3n) is 7.52. The molecule has 1 aliphatic heterocycles. The molecule has 1 heterocycles. The van der Waals surface area contributed by atoms with Crippen LogP contribution in [0.1, 0.15) is 46.8 Å². The first kappa shape index (κ1) is 26.7. The molecular formula is C34H28ClNO5. The van der Waals surface area contributed by atoms with E-state index in [1.165, 1.54) is 7.11 Å². The summed E-state index contributed by atoms with van der Waals surface area (Å²) in [7, 11) is 1.33. The van der Waals surface area contributed by atoms with Crippen molar-refractivity contribution >= 4 is 39.8 Å². The number of esters is 1. The van der Waals surface area contributed by atoms with Crippen LogP contribution in [0.4, 0.5) is 0 Å². The van der Waals surface area contributed by atoms with Gasteiger partial charge in [-0.15, -0.1) is 0 Å². The van der Waals surface area contributed by atoms with Crippen LogP contribution in [-0.2, 0) is 16.1 Å². The number of rotatable bonds is 7. The van der Waals surface area contributed by atoms with Crippen LogP contribution >= 0.6 is 11.6 Å². The summed E-state index contributed by atoms with van der Waals surface area (Å²) in [6.07, 6.45) is 0. The Morgan fingerprint density at radius 1 is 0.927 bits per heavy atom. The van der Waals surface area contributed by atoms with Crippen LogP contribution in [-0.4, -0.2) is 25.5 Å². The Bertz CT molecular complexity index is 1790. The molecule has 1 N–H and O–H groups in total. The van der Waals surface area contributed by atoms with Gasteiger partial charge in [-0.05, 0) is 53.9 Å². The lowest BCUT2D eigenvalue weighted by molar-refractivity contribution is -0.136. The number of nitrogens with one attached hydrogen (secondary N) is 1. The average Bonchev–Trinajstić information content (AvgIpc) is 3.26. The second-order valence-corrected chi connectivity index (χ2v) is 10.4. The Morgan fingerprint density at radius 3 is 2.41 bits per heavy atom. The molecule has 6 nitrogen and oxygen atoms in total. The topological polar surface area (TPSA) is 73.9 Å². The quantitative estimate of drug-likeness (QED) is 0.239. The summed E-state index contributed by atoms with van der Waals surface area (Å²) >= 11 is 6.86. The zero-order valence-electron chi connectivity index (χ0n) is 22.9. The third kappa shape index (κ3) is 4.64. The first-order valence-corrected chi connectivity index (χ1v) is 13.8. The molecule has 0 aromatic heterocycles. The van der Waals surface area contributed by atoms with Gasteiger partial charge in [-0.25, -0.2) is 4.79 Å². The van der Waals surface area contributed by atoms with Crippen LogP contribution in [0, 0.1) is 0 Å². The summed E-state index contributed by atoms with van der Waals surface area (Å²) in [5, 5.41) is 5.88. The second kappa shape index (κ2) is 10.8. The predicted octanol–water partition coefficient (Wildman–Crippen LogP) is 7.21. The molecular weight excluding hydrogens is 538 g/mol. The molecule has 4 aromatic rings. The second-order valence-electron chi connectivity index (χ2n) is 9.98. The first-order chi connectivity index (χ1) is 19.9. The van der Waals surface area contributed by atoms with E-state index in [0.29, 0.717) is 56.8 Å². The van der Waals surface area contributed by atoms with Crippen molar-refractivity contribution < 1.29 is 23.8 Å². The Balaban J connectivity index is 1.42. The van der Waals surface area contributed by atoms with E-state index in [0.717, 1.165) is 21.9 Å². The molecule has 41 heavy (non-hydrogen) atoms. The van der Waals surface area contributed by atoms with E-state index >= 15 is 0 Å². The highest BCUT2D eigenvalue weighted by Crippen LogP contribution is 2.49. The van der Waals surface area contributed by atoms with Gasteiger partial charge in [0.25, 0.3) is 0 Å². The molecule has 206 valence electrons. The van der Waals surface area contributed by atoms with Gasteiger partial charge in [0.15, 0.2) is 17.3 Å². The van der Waals surface area contributed by atoms with Crippen LogP contribution < -0.4 is 14.8 Å². The number of ether oxygens (including phenoxy) is 3. The number of Topliss-reactive ketones (excluding diaryl/α,β-unsaturated/α-hetero) is 1. The van der Waals surface area contributed by atoms with E-state index in [2.05, 4.69) is 29.6 Å². The number of fused-ring (bicyclic) bond motifs is 3. The molecule has 4 aromatic carbocycles. The normalized spacial score (nSPS) is 15.9. The predicted molar refractivity (Wildman–Crippen MR) is 159 cm³/mol. The summed E-state index contributed by atoms with van der Waals surface area (Å²) < 4.78 is 17.4. The molecule has 7 heteroatoms. The Kier molecular flexibility index (Phi) is 7.01. The van der Waals surface area contributed by atoms with Gasteiger partial charge in [-0.3, -0.25) is 4.79 Å². The molecule has 0 spiro atoms. The van der Waals surface area contributed by atoms with Crippen LogP contribution in [0.15, 0.2) is 95.7 Å². The summed E-state index contributed by atoms with van der Waals surface area (Å²) in [6.45, 7) is 4.34. The summed E-state index contributed by atoms with van der Waals surface area (Å²) in [5.41, 5.74) is 5.11. The van der Waals surface area contributed by atoms with Gasteiger partial charge >= 0.3 is 5.97 Å². The lowest BCUT2D eigenvalue weighted by Gasteiger charge is -2.29. The number of carbonyl (C=O) groups is 2. The maximum absolute atomic E-state index is 13.7. The lowest BCUT2D eigenvalue weighted by atomic mass is 9.79. The standard InChI is InChI=1S/C34H28ClNO5/c1-4-40-27-17-23(16-26(35)33(27)41-18-20-13-14-21-9-5-6-10-22(21)15-20)29-28(34(38)39-3)19(2)36-31-24-11-7-8-12-25(24)32(37)30(29)31/h5-17,29,36H,4,18H2,1-3H3/t29-/m0/s1. The van der Waals surface area contributed by atoms with Gasteiger partial charge in [0.2, 0.25) is 0 Å². The maximum atomic E-state index is 13.7. The molecule has 0 fully saturated rings. The summed E-state index contributed by atoms with van der Waals surface area (Å²) in [5.74, 6) is -0.560. The van der Waals surface area contributed by atoms with E-state index in [1.54, 1.807) is 25.1 Å². The monoisotopic (exact) mass is 565 g/mol. The minimum Gasteiger partial charge on any atom is -0.490 e. The Morgan fingerprint density at radius 2 is 1.66 bits per heavy atom. The largest absolute Gasteiger partial charge is 0.490 e. The molecule has 0 amide bonds. The molecule has 1 aliphatic carbocycles. The summed E-state index contributed by atoms with van der Waals surface area (Å²) in [4.78, 5) is 26.8. The van der Waals surface area contributed by atoms with Crippen molar-refractivity contribution in [3.63, 3.8) is 0 Å². The third-order valence-corrected chi connectivity index (χ3v) is 7.80. The van der Waals surface area contributed by atoms with E-state index in [1.807, 2.05) is 43.3 Å². The fourth-order valence-corrected chi connectivity index (χ4v) is 5.96. The van der Waals surface area contributed by atoms with E-state index in [-0.39, 0.29) is 12.4 Å². The van der Waals surface area contributed by atoms with Gasteiger partial charge in [0.05, 0.1) is 30.0 Å². The van der Waals surface area contributed by atoms with Crippen LogP contribution in [0.5, 0.6) is 11.5 Å². The maximum Gasteiger partial charge on any atom is 0.336 e. The van der Waals surface area contributed by atoms with Crippen molar-refractivity contribution in [2.75, 3.05) is 13.7 Å². The fraction of sp³-hybridized carbons (Fsp3) is 0.176. The molecule has 1 atom stereocenters. The molecule has 0 unspecified atom stereocenters. The Labute approximate surface area is 243 Å². The lowest BCUT2D eigenvalue weighted by Crippen LogP contribution is -2.29.